The van der Waals surface area contributed by atoms with E-state index in [4.69, 9.17) is 0 Å². The zero-order valence-electron chi connectivity index (χ0n) is 13.6. The van der Waals surface area contributed by atoms with Gasteiger partial charge in [0.25, 0.3) is 5.91 Å². The number of amides is 1. The number of carbonyl (C=O) groups is 1. The van der Waals surface area contributed by atoms with E-state index in [-0.39, 0.29) is 16.8 Å². The molecule has 0 fully saturated rings. The minimum absolute atomic E-state index is 0.0977. The molecular weight excluding hydrogens is 300 g/mol. The standard InChI is InChI=1S/C16H22N2O3S/c1-6-11(4)17-22(20,21)12-7-8-14-13(9-12)15(10(2)3)16(19)18(14)5/h7-9,11,17H,6H2,1-5H3/t11-/m0/s1. The third-order valence-electron chi connectivity index (χ3n) is 3.90. The number of nitrogens with zero attached hydrogens (tertiary/aromatic N) is 1. The van der Waals surface area contributed by atoms with Crippen LogP contribution in [-0.4, -0.2) is 27.4 Å². The number of sulfonamides is 1. The molecule has 5 nitrogen and oxygen atoms in total. The number of carbonyl (C=O) groups excluding carboxylic acids is 1. The molecule has 1 aliphatic rings. The van der Waals surface area contributed by atoms with Gasteiger partial charge in [-0.1, -0.05) is 12.5 Å². The van der Waals surface area contributed by atoms with Crippen LogP contribution >= 0.6 is 0 Å². The van der Waals surface area contributed by atoms with E-state index in [1.165, 1.54) is 0 Å². The molecule has 0 unspecified atom stereocenters. The molecule has 0 aliphatic carbocycles. The Labute approximate surface area is 132 Å². The monoisotopic (exact) mass is 322 g/mol. The molecule has 1 heterocycles. The highest BCUT2D eigenvalue weighted by molar-refractivity contribution is 7.89. The molecule has 120 valence electrons. The summed E-state index contributed by atoms with van der Waals surface area (Å²) in [5.74, 6) is -0.0977. The fraction of sp³-hybridized carbons (Fsp3) is 0.438. The van der Waals surface area contributed by atoms with Crippen LogP contribution in [0.15, 0.2) is 28.7 Å². The van der Waals surface area contributed by atoms with Gasteiger partial charge >= 0.3 is 0 Å². The summed E-state index contributed by atoms with van der Waals surface area (Å²) in [5.41, 5.74) is 2.88. The molecule has 1 amide bonds. The van der Waals surface area contributed by atoms with Crippen molar-refractivity contribution >= 4 is 27.2 Å². The molecule has 0 saturated carbocycles. The van der Waals surface area contributed by atoms with Gasteiger partial charge < -0.3 is 4.90 Å². The number of likely N-dealkylation sites (N-methyl/N-ethyl adjacent to an activating group) is 1. The number of nitrogens with one attached hydrogen (secondary N) is 1. The highest BCUT2D eigenvalue weighted by atomic mass is 32.2. The van der Waals surface area contributed by atoms with Crippen molar-refractivity contribution < 1.29 is 13.2 Å². The number of benzene rings is 1. The zero-order chi connectivity index (χ0) is 16.7. The van der Waals surface area contributed by atoms with Crippen molar-refractivity contribution in [1.82, 2.24) is 4.72 Å². The lowest BCUT2D eigenvalue weighted by Crippen LogP contribution is -2.32. The molecule has 0 spiro atoms. The summed E-state index contributed by atoms with van der Waals surface area (Å²) in [6, 6.07) is 4.69. The predicted molar refractivity (Wildman–Crippen MR) is 88.2 cm³/mol. The first-order valence-corrected chi connectivity index (χ1v) is 8.79. The van der Waals surface area contributed by atoms with Gasteiger partial charge in [-0.25, -0.2) is 13.1 Å². The largest absolute Gasteiger partial charge is 0.311 e. The maximum atomic E-state index is 12.4. The fourth-order valence-corrected chi connectivity index (χ4v) is 3.82. The van der Waals surface area contributed by atoms with Crippen molar-refractivity contribution in [3.63, 3.8) is 0 Å². The minimum Gasteiger partial charge on any atom is -0.311 e. The molecule has 1 N–H and O–H groups in total. The van der Waals surface area contributed by atoms with E-state index in [1.807, 2.05) is 27.7 Å². The number of hydrogen-bond donors (Lipinski definition) is 1. The van der Waals surface area contributed by atoms with Gasteiger partial charge in [-0.05, 0) is 45.4 Å². The van der Waals surface area contributed by atoms with Crippen molar-refractivity contribution in [2.45, 2.75) is 45.1 Å². The fourth-order valence-electron chi connectivity index (χ4n) is 2.47. The van der Waals surface area contributed by atoms with Gasteiger partial charge in [-0.2, -0.15) is 0 Å². The summed E-state index contributed by atoms with van der Waals surface area (Å²) in [6.07, 6.45) is 0.713. The Kier molecular flexibility index (Phi) is 4.44. The lowest BCUT2D eigenvalue weighted by molar-refractivity contribution is -0.112. The normalized spacial score (nSPS) is 16.0. The van der Waals surface area contributed by atoms with Crippen LogP contribution < -0.4 is 9.62 Å². The first kappa shape index (κ1) is 16.7. The van der Waals surface area contributed by atoms with E-state index in [9.17, 15) is 13.2 Å². The van der Waals surface area contributed by atoms with Crippen molar-refractivity contribution in [2.24, 2.45) is 0 Å². The molecule has 1 aromatic carbocycles. The Balaban J connectivity index is 2.54. The van der Waals surface area contributed by atoms with E-state index in [0.717, 1.165) is 11.3 Å². The van der Waals surface area contributed by atoms with E-state index < -0.39 is 10.0 Å². The van der Waals surface area contributed by atoms with E-state index in [2.05, 4.69) is 4.72 Å². The number of fused-ring (bicyclic) bond motifs is 1. The van der Waals surface area contributed by atoms with Gasteiger partial charge in [-0.15, -0.1) is 0 Å². The maximum absolute atomic E-state index is 12.4. The Morgan fingerprint density at radius 1 is 1.32 bits per heavy atom. The molecule has 6 heteroatoms. The van der Waals surface area contributed by atoms with Crippen molar-refractivity contribution in [2.75, 3.05) is 11.9 Å². The lowest BCUT2D eigenvalue weighted by Gasteiger charge is -2.13. The topological polar surface area (TPSA) is 66.5 Å². The summed E-state index contributed by atoms with van der Waals surface area (Å²) in [5, 5.41) is 0. The number of rotatable bonds is 4. The Morgan fingerprint density at radius 2 is 1.95 bits per heavy atom. The van der Waals surface area contributed by atoms with Gasteiger partial charge in [0.05, 0.1) is 10.6 Å². The molecule has 1 aromatic rings. The lowest BCUT2D eigenvalue weighted by atomic mass is 10.0. The van der Waals surface area contributed by atoms with Crippen LogP contribution in [-0.2, 0) is 14.8 Å². The van der Waals surface area contributed by atoms with E-state index in [1.54, 1.807) is 30.1 Å². The molecule has 0 radical (unpaired) electrons. The summed E-state index contributed by atoms with van der Waals surface area (Å²) in [4.78, 5) is 14.0. The minimum atomic E-state index is -3.58. The van der Waals surface area contributed by atoms with Crippen LogP contribution in [0.3, 0.4) is 0 Å². The van der Waals surface area contributed by atoms with Gasteiger partial charge in [0.1, 0.15) is 0 Å². The summed E-state index contributed by atoms with van der Waals surface area (Å²) < 4.78 is 27.5. The second-order valence-electron chi connectivity index (χ2n) is 5.85. The Bertz CT molecular complexity index is 747. The summed E-state index contributed by atoms with van der Waals surface area (Å²) in [7, 11) is -1.88. The number of allylic oxidation sites excluding steroid dienone is 1. The Morgan fingerprint density at radius 3 is 2.50 bits per heavy atom. The van der Waals surface area contributed by atoms with Crippen LogP contribution in [0.1, 0.15) is 39.7 Å². The highest BCUT2D eigenvalue weighted by Gasteiger charge is 2.32. The van der Waals surface area contributed by atoms with Crippen LogP contribution in [0.5, 0.6) is 0 Å². The van der Waals surface area contributed by atoms with Crippen molar-refractivity contribution in [1.29, 1.82) is 0 Å². The first-order chi connectivity index (χ1) is 10.2. The van der Waals surface area contributed by atoms with Crippen LogP contribution in [0.4, 0.5) is 5.69 Å². The highest BCUT2D eigenvalue weighted by Crippen LogP contribution is 2.38. The average Bonchev–Trinajstić information content (AvgIpc) is 2.69. The SMILES string of the molecule is CC[C@H](C)NS(=O)(=O)c1ccc2c(c1)C(=C(C)C)C(=O)N2C. The third kappa shape index (κ3) is 2.80. The molecule has 1 atom stereocenters. The molecule has 22 heavy (non-hydrogen) atoms. The maximum Gasteiger partial charge on any atom is 0.258 e. The first-order valence-electron chi connectivity index (χ1n) is 7.31. The predicted octanol–water partition coefficient (Wildman–Crippen LogP) is 2.53. The second kappa shape index (κ2) is 5.85. The summed E-state index contributed by atoms with van der Waals surface area (Å²) >= 11 is 0. The third-order valence-corrected chi connectivity index (χ3v) is 5.48. The van der Waals surface area contributed by atoms with Gasteiger partial charge in [0.2, 0.25) is 10.0 Å². The average molecular weight is 322 g/mol. The molecule has 0 saturated heterocycles. The molecular formula is C16H22N2O3S. The van der Waals surface area contributed by atoms with Crippen LogP contribution in [0.2, 0.25) is 0 Å². The number of anilines is 1. The second-order valence-corrected chi connectivity index (χ2v) is 7.56. The van der Waals surface area contributed by atoms with Crippen LogP contribution in [0, 0.1) is 0 Å². The van der Waals surface area contributed by atoms with Crippen molar-refractivity contribution in [3.8, 4) is 0 Å². The number of hydrogen-bond acceptors (Lipinski definition) is 3. The Hall–Kier alpha value is -1.66. The summed E-state index contributed by atoms with van der Waals surface area (Å²) in [6.45, 7) is 7.46. The van der Waals surface area contributed by atoms with Gasteiger partial charge in [-0.3, -0.25) is 4.79 Å². The van der Waals surface area contributed by atoms with E-state index >= 15 is 0 Å². The zero-order valence-corrected chi connectivity index (χ0v) is 14.4. The molecule has 1 aliphatic heterocycles. The molecule has 2 rings (SSSR count). The molecule has 0 aromatic heterocycles. The van der Waals surface area contributed by atoms with Gasteiger partial charge in [0, 0.05) is 24.2 Å². The van der Waals surface area contributed by atoms with Crippen LogP contribution in [0.25, 0.3) is 5.57 Å². The van der Waals surface area contributed by atoms with E-state index in [0.29, 0.717) is 17.6 Å². The quantitative estimate of drug-likeness (QED) is 0.866. The smallest absolute Gasteiger partial charge is 0.258 e. The molecule has 0 bridgehead atoms. The van der Waals surface area contributed by atoms with Gasteiger partial charge in [0.15, 0.2) is 0 Å². The van der Waals surface area contributed by atoms with Crippen molar-refractivity contribution in [3.05, 3.63) is 29.3 Å².